The van der Waals surface area contributed by atoms with Gasteiger partial charge in [-0.2, -0.15) is 0 Å². The SMILES string of the molecule is C=CCOc1c(CC=C)cccc1OCCCC. The highest BCUT2D eigenvalue weighted by atomic mass is 16.5. The molecule has 0 atom stereocenters. The van der Waals surface area contributed by atoms with Crippen LogP contribution in [0.4, 0.5) is 0 Å². The molecule has 0 heterocycles. The van der Waals surface area contributed by atoms with E-state index in [4.69, 9.17) is 9.47 Å². The van der Waals surface area contributed by atoms with E-state index >= 15 is 0 Å². The molecule has 0 bridgehead atoms. The maximum atomic E-state index is 5.77. The normalized spacial score (nSPS) is 9.83. The highest BCUT2D eigenvalue weighted by Gasteiger charge is 2.09. The van der Waals surface area contributed by atoms with Gasteiger partial charge in [-0.1, -0.05) is 44.2 Å². The number of para-hydroxylation sites is 1. The summed E-state index contributed by atoms with van der Waals surface area (Å²) in [6.07, 6.45) is 6.55. The second kappa shape index (κ2) is 8.40. The standard InChI is InChI=1S/C16H22O2/c1-4-7-13-17-15-11-8-10-14(9-5-2)16(15)18-12-6-3/h5-6,8,10-11H,2-4,7,9,12-13H2,1H3. The van der Waals surface area contributed by atoms with Crippen LogP contribution in [0, 0.1) is 0 Å². The summed E-state index contributed by atoms with van der Waals surface area (Å²) in [5, 5.41) is 0. The Labute approximate surface area is 110 Å². The Bertz CT molecular complexity index is 383. The minimum absolute atomic E-state index is 0.484. The van der Waals surface area contributed by atoms with Crippen molar-refractivity contribution in [3.63, 3.8) is 0 Å². The molecule has 0 aliphatic carbocycles. The zero-order valence-electron chi connectivity index (χ0n) is 11.2. The lowest BCUT2D eigenvalue weighted by Gasteiger charge is -2.15. The van der Waals surface area contributed by atoms with Crippen LogP contribution in [0.1, 0.15) is 25.3 Å². The van der Waals surface area contributed by atoms with Gasteiger partial charge >= 0.3 is 0 Å². The number of allylic oxidation sites excluding steroid dienone is 1. The van der Waals surface area contributed by atoms with E-state index in [0.29, 0.717) is 6.61 Å². The average molecular weight is 246 g/mol. The van der Waals surface area contributed by atoms with E-state index in [-0.39, 0.29) is 0 Å². The van der Waals surface area contributed by atoms with Crippen LogP contribution >= 0.6 is 0 Å². The fourth-order valence-electron chi connectivity index (χ4n) is 1.62. The number of hydrogen-bond acceptors (Lipinski definition) is 2. The molecule has 0 saturated carbocycles. The molecule has 0 fully saturated rings. The van der Waals surface area contributed by atoms with Crippen LogP contribution in [0.15, 0.2) is 43.5 Å². The van der Waals surface area contributed by atoms with Gasteiger partial charge in [0.05, 0.1) is 6.61 Å². The molecule has 1 rings (SSSR count). The number of ether oxygens (including phenoxy) is 2. The van der Waals surface area contributed by atoms with E-state index < -0.39 is 0 Å². The monoisotopic (exact) mass is 246 g/mol. The Kier molecular flexibility index (Phi) is 6.70. The summed E-state index contributed by atoms with van der Waals surface area (Å²) in [6, 6.07) is 5.97. The van der Waals surface area contributed by atoms with Crippen molar-refractivity contribution in [1.29, 1.82) is 0 Å². The number of hydrogen-bond donors (Lipinski definition) is 0. The van der Waals surface area contributed by atoms with E-state index in [1.165, 1.54) is 0 Å². The van der Waals surface area contributed by atoms with Gasteiger partial charge in [0.2, 0.25) is 0 Å². The predicted molar refractivity (Wildman–Crippen MR) is 76.4 cm³/mol. The van der Waals surface area contributed by atoms with Crippen molar-refractivity contribution < 1.29 is 9.47 Å². The molecule has 1 aromatic rings. The molecule has 0 aliphatic rings. The van der Waals surface area contributed by atoms with Crippen LogP contribution in [0.2, 0.25) is 0 Å². The van der Waals surface area contributed by atoms with Gasteiger partial charge in [0, 0.05) is 5.56 Å². The second-order valence-corrected chi connectivity index (χ2v) is 4.04. The minimum Gasteiger partial charge on any atom is -0.490 e. The van der Waals surface area contributed by atoms with Crippen molar-refractivity contribution in [2.45, 2.75) is 26.2 Å². The zero-order chi connectivity index (χ0) is 13.2. The third-order valence-electron chi connectivity index (χ3n) is 2.53. The quantitative estimate of drug-likeness (QED) is 0.481. The van der Waals surface area contributed by atoms with Gasteiger partial charge in [-0.05, 0) is 18.9 Å². The number of unbranched alkanes of at least 4 members (excludes halogenated alkanes) is 1. The van der Waals surface area contributed by atoms with Crippen molar-refractivity contribution in [2.24, 2.45) is 0 Å². The van der Waals surface area contributed by atoms with Gasteiger partial charge in [0.15, 0.2) is 11.5 Å². The molecule has 0 aromatic heterocycles. The Morgan fingerprint density at radius 2 is 2.00 bits per heavy atom. The lowest BCUT2D eigenvalue weighted by atomic mass is 10.1. The summed E-state index contributed by atoms with van der Waals surface area (Å²) < 4.78 is 11.5. The van der Waals surface area contributed by atoms with Crippen LogP contribution in [-0.4, -0.2) is 13.2 Å². The Hall–Kier alpha value is -1.70. The molecule has 1 aromatic carbocycles. The van der Waals surface area contributed by atoms with E-state index in [0.717, 1.165) is 42.9 Å². The second-order valence-electron chi connectivity index (χ2n) is 4.04. The Balaban J connectivity index is 2.87. The molecular weight excluding hydrogens is 224 g/mol. The van der Waals surface area contributed by atoms with Crippen molar-refractivity contribution >= 4 is 0 Å². The summed E-state index contributed by atoms with van der Waals surface area (Å²) in [5.74, 6) is 1.62. The third kappa shape index (κ3) is 4.28. The van der Waals surface area contributed by atoms with E-state index in [9.17, 15) is 0 Å². The average Bonchev–Trinajstić information content (AvgIpc) is 2.38. The molecule has 0 radical (unpaired) electrons. The number of rotatable bonds is 9. The highest BCUT2D eigenvalue weighted by molar-refractivity contribution is 5.47. The van der Waals surface area contributed by atoms with E-state index in [1.54, 1.807) is 6.08 Å². The molecule has 0 saturated heterocycles. The molecule has 0 amide bonds. The van der Waals surface area contributed by atoms with Gasteiger partial charge in [-0.3, -0.25) is 0 Å². The van der Waals surface area contributed by atoms with Crippen LogP contribution in [0.3, 0.4) is 0 Å². The molecule has 2 heteroatoms. The zero-order valence-corrected chi connectivity index (χ0v) is 11.2. The van der Waals surface area contributed by atoms with Crippen LogP contribution in [0.25, 0.3) is 0 Å². The van der Waals surface area contributed by atoms with Gasteiger partial charge in [-0.25, -0.2) is 0 Å². The van der Waals surface area contributed by atoms with E-state index in [1.807, 2.05) is 24.3 Å². The molecule has 98 valence electrons. The molecule has 0 spiro atoms. The van der Waals surface area contributed by atoms with E-state index in [2.05, 4.69) is 20.1 Å². The largest absolute Gasteiger partial charge is 0.490 e. The van der Waals surface area contributed by atoms with Crippen molar-refractivity contribution in [3.05, 3.63) is 49.1 Å². The number of benzene rings is 1. The highest BCUT2D eigenvalue weighted by Crippen LogP contribution is 2.32. The molecular formula is C16H22O2. The van der Waals surface area contributed by atoms with Crippen LogP contribution < -0.4 is 9.47 Å². The molecule has 0 aliphatic heterocycles. The van der Waals surface area contributed by atoms with Gasteiger partial charge in [0.25, 0.3) is 0 Å². The van der Waals surface area contributed by atoms with Gasteiger partial charge in [-0.15, -0.1) is 6.58 Å². The summed E-state index contributed by atoms with van der Waals surface area (Å²) in [6.45, 7) is 10.8. The first kappa shape index (κ1) is 14.4. The maximum Gasteiger partial charge on any atom is 0.165 e. The summed E-state index contributed by atoms with van der Waals surface area (Å²) in [5.41, 5.74) is 1.10. The molecule has 2 nitrogen and oxygen atoms in total. The molecule has 0 unspecified atom stereocenters. The lowest BCUT2D eigenvalue weighted by molar-refractivity contribution is 0.277. The fraction of sp³-hybridized carbons (Fsp3) is 0.375. The molecule has 18 heavy (non-hydrogen) atoms. The fourth-order valence-corrected chi connectivity index (χ4v) is 1.62. The van der Waals surface area contributed by atoms with Crippen LogP contribution in [-0.2, 0) is 6.42 Å². The predicted octanol–water partition coefficient (Wildman–Crippen LogP) is 4.16. The lowest BCUT2D eigenvalue weighted by Crippen LogP contribution is -2.03. The maximum absolute atomic E-state index is 5.77. The van der Waals surface area contributed by atoms with Crippen molar-refractivity contribution in [1.82, 2.24) is 0 Å². The Morgan fingerprint density at radius 3 is 2.67 bits per heavy atom. The topological polar surface area (TPSA) is 18.5 Å². The first-order valence-electron chi connectivity index (χ1n) is 6.42. The Morgan fingerprint density at radius 1 is 1.17 bits per heavy atom. The van der Waals surface area contributed by atoms with Crippen LogP contribution in [0.5, 0.6) is 11.5 Å². The first-order valence-corrected chi connectivity index (χ1v) is 6.42. The summed E-state index contributed by atoms with van der Waals surface area (Å²) in [7, 11) is 0. The smallest absolute Gasteiger partial charge is 0.165 e. The third-order valence-corrected chi connectivity index (χ3v) is 2.53. The van der Waals surface area contributed by atoms with Gasteiger partial charge < -0.3 is 9.47 Å². The summed E-state index contributed by atoms with van der Waals surface area (Å²) in [4.78, 5) is 0. The van der Waals surface area contributed by atoms with Gasteiger partial charge in [0.1, 0.15) is 6.61 Å². The molecule has 0 N–H and O–H groups in total. The first-order chi connectivity index (χ1) is 8.83. The van der Waals surface area contributed by atoms with Crippen molar-refractivity contribution in [2.75, 3.05) is 13.2 Å². The van der Waals surface area contributed by atoms with Crippen molar-refractivity contribution in [3.8, 4) is 11.5 Å². The minimum atomic E-state index is 0.484. The summed E-state index contributed by atoms with van der Waals surface area (Å²) >= 11 is 0.